The SMILES string of the molecule is CCOC(=O)CN(Cc1ccccc1)C(=O)N(C)C. The van der Waals surface area contributed by atoms with Crippen molar-refractivity contribution in [2.45, 2.75) is 13.5 Å². The Kier molecular flexibility index (Phi) is 5.85. The van der Waals surface area contributed by atoms with Crippen molar-refractivity contribution in [1.29, 1.82) is 0 Å². The number of nitrogens with zero attached hydrogens (tertiary/aromatic N) is 2. The highest BCUT2D eigenvalue weighted by Crippen LogP contribution is 2.06. The molecule has 1 rings (SSSR count). The standard InChI is InChI=1S/C14H20N2O3/c1-4-19-13(17)11-16(14(18)15(2)3)10-12-8-6-5-7-9-12/h5-9H,4,10-11H2,1-3H3. The van der Waals surface area contributed by atoms with Gasteiger partial charge in [0, 0.05) is 20.6 Å². The van der Waals surface area contributed by atoms with Crippen LogP contribution >= 0.6 is 0 Å². The Morgan fingerprint density at radius 2 is 1.79 bits per heavy atom. The summed E-state index contributed by atoms with van der Waals surface area (Å²) in [6.07, 6.45) is 0. The van der Waals surface area contributed by atoms with Crippen molar-refractivity contribution in [3.63, 3.8) is 0 Å². The molecule has 5 heteroatoms. The van der Waals surface area contributed by atoms with Gasteiger partial charge in [-0.05, 0) is 12.5 Å². The van der Waals surface area contributed by atoms with Crippen LogP contribution in [0.3, 0.4) is 0 Å². The third-order valence-corrected chi connectivity index (χ3v) is 2.49. The minimum Gasteiger partial charge on any atom is -0.465 e. The normalized spacial score (nSPS) is 9.84. The van der Waals surface area contributed by atoms with E-state index in [-0.39, 0.29) is 12.6 Å². The second-order valence-electron chi connectivity index (χ2n) is 4.32. The van der Waals surface area contributed by atoms with Gasteiger partial charge in [0.15, 0.2) is 0 Å². The first kappa shape index (κ1) is 15.0. The maximum Gasteiger partial charge on any atom is 0.325 e. The second kappa shape index (κ2) is 7.41. The van der Waals surface area contributed by atoms with E-state index in [9.17, 15) is 9.59 Å². The zero-order valence-electron chi connectivity index (χ0n) is 11.6. The van der Waals surface area contributed by atoms with Gasteiger partial charge in [-0.1, -0.05) is 30.3 Å². The molecule has 0 aromatic heterocycles. The van der Waals surface area contributed by atoms with E-state index in [1.165, 1.54) is 9.80 Å². The molecule has 19 heavy (non-hydrogen) atoms. The Bertz CT molecular complexity index is 418. The quantitative estimate of drug-likeness (QED) is 0.761. The van der Waals surface area contributed by atoms with Crippen molar-refractivity contribution in [3.05, 3.63) is 35.9 Å². The van der Waals surface area contributed by atoms with Gasteiger partial charge in [-0.25, -0.2) is 4.79 Å². The molecule has 104 valence electrons. The minimum absolute atomic E-state index is 0.0419. The van der Waals surface area contributed by atoms with Crippen LogP contribution < -0.4 is 0 Å². The van der Waals surface area contributed by atoms with Crippen LogP contribution in [0.25, 0.3) is 0 Å². The molecule has 0 aliphatic rings. The predicted molar refractivity (Wildman–Crippen MR) is 72.6 cm³/mol. The number of ether oxygens (including phenoxy) is 1. The zero-order chi connectivity index (χ0) is 14.3. The van der Waals surface area contributed by atoms with Gasteiger partial charge in [0.1, 0.15) is 6.54 Å². The van der Waals surface area contributed by atoms with Crippen molar-refractivity contribution < 1.29 is 14.3 Å². The molecule has 0 N–H and O–H groups in total. The van der Waals surface area contributed by atoms with Crippen molar-refractivity contribution in [3.8, 4) is 0 Å². The number of carbonyl (C=O) groups is 2. The van der Waals surface area contributed by atoms with Gasteiger partial charge < -0.3 is 14.5 Å². The first-order valence-electron chi connectivity index (χ1n) is 6.20. The molecular formula is C14H20N2O3. The fourth-order valence-corrected chi connectivity index (χ4v) is 1.64. The van der Waals surface area contributed by atoms with E-state index in [2.05, 4.69) is 0 Å². The predicted octanol–water partition coefficient (Wildman–Crippen LogP) is 1.73. The van der Waals surface area contributed by atoms with Crippen LogP contribution in [0.4, 0.5) is 4.79 Å². The van der Waals surface area contributed by atoms with Gasteiger partial charge in [0.2, 0.25) is 0 Å². The molecule has 0 bridgehead atoms. The number of carbonyl (C=O) groups excluding carboxylic acids is 2. The van der Waals surface area contributed by atoms with E-state index < -0.39 is 5.97 Å². The van der Waals surface area contributed by atoms with Gasteiger partial charge in [-0.15, -0.1) is 0 Å². The highest BCUT2D eigenvalue weighted by atomic mass is 16.5. The number of urea groups is 1. The van der Waals surface area contributed by atoms with Gasteiger partial charge >= 0.3 is 12.0 Å². The Hall–Kier alpha value is -2.04. The topological polar surface area (TPSA) is 49.9 Å². The summed E-state index contributed by atoms with van der Waals surface area (Å²) in [5.41, 5.74) is 0.974. The van der Waals surface area contributed by atoms with E-state index in [1.807, 2.05) is 30.3 Å². The van der Waals surface area contributed by atoms with Crippen molar-refractivity contribution in [1.82, 2.24) is 9.80 Å². The molecular weight excluding hydrogens is 244 g/mol. The van der Waals surface area contributed by atoms with Crippen LogP contribution in [-0.2, 0) is 16.1 Å². The number of benzene rings is 1. The van der Waals surface area contributed by atoms with Crippen molar-refractivity contribution in [2.24, 2.45) is 0 Å². The molecule has 0 saturated carbocycles. The van der Waals surface area contributed by atoms with Crippen LogP contribution in [0.1, 0.15) is 12.5 Å². The molecule has 0 fully saturated rings. The van der Waals surface area contributed by atoms with Gasteiger partial charge in [-0.2, -0.15) is 0 Å². The zero-order valence-corrected chi connectivity index (χ0v) is 11.6. The third-order valence-electron chi connectivity index (χ3n) is 2.49. The highest BCUT2D eigenvalue weighted by molar-refractivity contribution is 5.80. The van der Waals surface area contributed by atoms with E-state index >= 15 is 0 Å². The number of hydrogen-bond acceptors (Lipinski definition) is 3. The van der Waals surface area contributed by atoms with Crippen LogP contribution in [-0.4, -0.2) is 49.0 Å². The highest BCUT2D eigenvalue weighted by Gasteiger charge is 2.19. The van der Waals surface area contributed by atoms with Gasteiger partial charge in [0.05, 0.1) is 6.61 Å². The summed E-state index contributed by atoms with van der Waals surface area (Å²) in [6, 6.07) is 9.34. The van der Waals surface area contributed by atoms with E-state index in [0.29, 0.717) is 13.2 Å². The largest absolute Gasteiger partial charge is 0.465 e. The van der Waals surface area contributed by atoms with E-state index in [1.54, 1.807) is 21.0 Å². The molecule has 1 aromatic carbocycles. The van der Waals surface area contributed by atoms with Crippen molar-refractivity contribution in [2.75, 3.05) is 27.2 Å². The summed E-state index contributed by atoms with van der Waals surface area (Å²) in [5, 5.41) is 0. The number of hydrogen-bond donors (Lipinski definition) is 0. The maximum absolute atomic E-state index is 12.0. The lowest BCUT2D eigenvalue weighted by Gasteiger charge is -2.25. The summed E-state index contributed by atoms with van der Waals surface area (Å²) in [6.45, 7) is 2.40. The molecule has 0 spiro atoms. The number of esters is 1. The number of rotatable bonds is 5. The van der Waals surface area contributed by atoms with Crippen LogP contribution in [0, 0.1) is 0 Å². The molecule has 0 radical (unpaired) electrons. The van der Waals surface area contributed by atoms with E-state index in [4.69, 9.17) is 4.74 Å². The molecule has 5 nitrogen and oxygen atoms in total. The van der Waals surface area contributed by atoms with Crippen LogP contribution in [0.5, 0.6) is 0 Å². The Balaban J connectivity index is 2.75. The fourth-order valence-electron chi connectivity index (χ4n) is 1.64. The van der Waals surface area contributed by atoms with Gasteiger partial charge in [0.25, 0.3) is 0 Å². The molecule has 0 aliphatic carbocycles. The van der Waals surface area contributed by atoms with Gasteiger partial charge in [-0.3, -0.25) is 4.79 Å². The summed E-state index contributed by atoms with van der Waals surface area (Å²) in [5.74, 6) is -0.395. The Labute approximate surface area is 113 Å². The Morgan fingerprint density at radius 3 is 2.32 bits per heavy atom. The van der Waals surface area contributed by atoms with Crippen LogP contribution in [0.15, 0.2) is 30.3 Å². The lowest BCUT2D eigenvalue weighted by molar-refractivity contribution is -0.143. The lowest BCUT2D eigenvalue weighted by atomic mass is 10.2. The monoisotopic (exact) mass is 264 g/mol. The summed E-state index contributed by atoms with van der Waals surface area (Å²) in [4.78, 5) is 26.5. The third kappa shape index (κ3) is 4.99. The number of amides is 2. The average molecular weight is 264 g/mol. The average Bonchev–Trinajstić information content (AvgIpc) is 2.38. The van der Waals surface area contributed by atoms with E-state index in [0.717, 1.165) is 5.56 Å². The second-order valence-corrected chi connectivity index (χ2v) is 4.32. The smallest absolute Gasteiger partial charge is 0.325 e. The molecule has 0 unspecified atom stereocenters. The molecule has 1 aromatic rings. The molecule has 0 aliphatic heterocycles. The summed E-state index contributed by atoms with van der Waals surface area (Å²) < 4.78 is 4.89. The summed E-state index contributed by atoms with van der Waals surface area (Å²) in [7, 11) is 3.32. The fraction of sp³-hybridized carbons (Fsp3) is 0.429. The Morgan fingerprint density at radius 1 is 1.16 bits per heavy atom. The van der Waals surface area contributed by atoms with Crippen LogP contribution in [0.2, 0.25) is 0 Å². The lowest BCUT2D eigenvalue weighted by Crippen LogP contribution is -2.42. The molecule has 0 saturated heterocycles. The molecule has 0 heterocycles. The maximum atomic E-state index is 12.0. The molecule has 0 atom stereocenters. The molecule has 2 amide bonds. The first-order valence-corrected chi connectivity index (χ1v) is 6.20. The summed E-state index contributed by atoms with van der Waals surface area (Å²) >= 11 is 0. The first-order chi connectivity index (χ1) is 9.04. The van der Waals surface area contributed by atoms with Crippen molar-refractivity contribution >= 4 is 12.0 Å². The minimum atomic E-state index is -0.395.